The molecule has 0 unspecified atom stereocenters. The fraction of sp³-hybridized carbons (Fsp3) is 0.625. The SMILES string of the molecule is O=C(Cc1nc(CCC(F)(F)F)no1)C(F)(F)F. The van der Waals surface area contributed by atoms with Crippen LogP contribution in [0.3, 0.4) is 0 Å². The Morgan fingerprint density at radius 3 is 2.28 bits per heavy atom. The molecule has 10 heteroatoms. The highest BCUT2D eigenvalue weighted by molar-refractivity contribution is 5.85. The lowest BCUT2D eigenvalue weighted by Gasteiger charge is -2.02. The fourth-order valence-electron chi connectivity index (χ4n) is 0.955. The summed E-state index contributed by atoms with van der Waals surface area (Å²) in [5, 5.41) is 3.05. The molecule has 0 fully saturated rings. The van der Waals surface area contributed by atoms with E-state index < -0.39 is 49.1 Å². The van der Waals surface area contributed by atoms with Crippen molar-refractivity contribution < 1.29 is 35.7 Å². The average molecular weight is 276 g/mol. The highest BCUT2D eigenvalue weighted by atomic mass is 19.4. The van der Waals surface area contributed by atoms with Crippen LogP contribution in [0.4, 0.5) is 26.3 Å². The summed E-state index contributed by atoms with van der Waals surface area (Å²) < 4.78 is 75.3. The number of ketones is 1. The van der Waals surface area contributed by atoms with Crippen molar-refractivity contribution in [2.45, 2.75) is 31.6 Å². The molecule has 0 aromatic carbocycles. The maximum atomic E-state index is 11.9. The average Bonchev–Trinajstić information content (AvgIpc) is 2.60. The van der Waals surface area contributed by atoms with E-state index in [1.165, 1.54) is 0 Å². The van der Waals surface area contributed by atoms with Gasteiger partial charge in [0.25, 0.3) is 0 Å². The predicted octanol–water partition coefficient (Wildman–Crippen LogP) is 2.24. The van der Waals surface area contributed by atoms with E-state index in [0.717, 1.165) is 0 Å². The van der Waals surface area contributed by atoms with Crippen LogP contribution in [-0.4, -0.2) is 28.3 Å². The Kier molecular flexibility index (Phi) is 3.97. The quantitative estimate of drug-likeness (QED) is 0.791. The van der Waals surface area contributed by atoms with Crippen LogP contribution in [0, 0.1) is 0 Å². The summed E-state index contributed by atoms with van der Waals surface area (Å²) >= 11 is 0. The molecule has 1 heterocycles. The van der Waals surface area contributed by atoms with Crippen molar-refractivity contribution >= 4 is 5.78 Å². The third kappa shape index (κ3) is 4.72. The van der Waals surface area contributed by atoms with Gasteiger partial charge in [0.05, 0.1) is 12.8 Å². The normalized spacial score (nSPS) is 12.8. The summed E-state index contributed by atoms with van der Waals surface area (Å²) in [6, 6.07) is 0. The van der Waals surface area contributed by atoms with E-state index in [2.05, 4.69) is 14.7 Å². The minimum absolute atomic E-state index is 0.391. The highest BCUT2D eigenvalue weighted by Gasteiger charge is 2.39. The standard InChI is InChI=1S/C8H6F6N2O2/c9-7(10,11)2-1-5-15-6(18-16-5)3-4(17)8(12,13)14/h1-3H2. The lowest BCUT2D eigenvalue weighted by atomic mass is 10.2. The smallest absolute Gasteiger partial charge is 0.339 e. The minimum Gasteiger partial charge on any atom is -0.339 e. The molecule has 1 rings (SSSR count). The van der Waals surface area contributed by atoms with Gasteiger partial charge in [0, 0.05) is 6.42 Å². The number of Topliss-reactive ketones (excluding diaryl/α,β-unsaturated/α-hetero) is 1. The van der Waals surface area contributed by atoms with Crippen molar-refractivity contribution in [2.24, 2.45) is 0 Å². The van der Waals surface area contributed by atoms with E-state index in [-0.39, 0.29) is 0 Å². The van der Waals surface area contributed by atoms with E-state index in [1.54, 1.807) is 0 Å². The Labute approximate surface area is 96.0 Å². The first-order valence-electron chi connectivity index (χ1n) is 4.56. The Bertz CT molecular complexity index is 422. The molecule has 0 bridgehead atoms. The van der Waals surface area contributed by atoms with Gasteiger partial charge in [-0.2, -0.15) is 31.3 Å². The second-order valence-electron chi connectivity index (χ2n) is 3.32. The zero-order chi connectivity index (χ0) is 14.0. The summed E-state index contributed by atoms with van der Waals surface area (Å²) in [6.45, 7) is 0. The number of hydrogen-bond acceptors (Lipinski definition) is 4. The number of carbonyl (C=O) groups is 1. The summed E-state index contributed by atoms with van der Waals surface area (Å²) in [5.74, 6) is -3.15. The predicted molar refractivity (Wildman–Crippen MR) is 43.4 cm³/mol. The van der Waals surface area contributed by atoms with Crippen molar-refractivity contribution in [3.8, 4) is 0 Å². The molecule has 0 saturated heterocycles. The van der Waals surface area contributed by atoms with Crippen molar-refractivity contribution in [3.05, 3.63) is 11.7 Å². The monoisotopic (exact) mass is 276 g/mol. The van der Waals surface area contributed by atoms with Crippen LogP contribution in [0.5, 0.6) is 0 Å². The molecule has 0 amide bonds. The van der Waals surface area contributed by atoms with Gasteiger partial charge in [0.1, 0.15) is 0 Å². The van der Waals surface area contributed by atoms with E-state index in [4.69, 9.17) is 0 Å². The summed E-state index contributed by atoms with van der Waals surface area (Å²) in [7, 11) is 0. The van der Waals surface area contributed by atoms with Gasteiger partial charge in [-0.15, -0.1) is 0 Å². The molecule has 0 aliphatic carbocycles. The number of nitrogens with zero attached hydrogens (tertiary/aromatic N) is 2. The van der Waals surface area contributed by atoms with Gasteiger partial charge in [-0.05, 0) is 0 Å². The molecule has 0 aliphatic rings. The van der Waals surface area contributed by atoms with Gasteiger partial charge in [-0.3, -0.25) is 4.79 Å². The molecule has 0 atom stereocenters. The van der Waals surface area contributed by atoms with E-state index in [1.807, 2.05) is 0 Å². The first-order valence-corrected chi connectivity index (χ1v) is 4.56. The van der Waals surface area contributed by atoms with Gasteiger partial charge in [0.15, 0.2) is 5.82 Å². The van der Waals surface area contributed by atoms with Gasteiger partial charge < -0.3 is 4.52 Å². The molecule has 0 N–H and O–H groups in total. The van der Waals surface area contributed by atoms with Crippen LogP contribution in [0.25, 0.3) is 0 Å². The van der Waals surface area contributed by atoms with Crippen LogP contribution < -0.4 is 0 Å². The van der Waals surface area contributed by atoms with Crippen molar-refractivity contribution in [3.63, 3.8) is 0 Å². The van der Waals surface area contributed by atoms with E-state index in [9.17, 15) is 31.1 Å². The number of hydrogen-bond donors (Lipinski definition) is 0. The van der Waals surface area contributed by atoms with Crippen LogP contribution in [-0.2, 0) is 17.6 Å². The number of halogens is 6. The molecule has 0 saturated carbocycles. The largest absolute Gasteiger partial charge is 0.450 e. The molecule has 4 nitrogen and oxygen atoms in total. The van der Waals surface area contributed by atoms with Crippen LogP contribution >= 0.6 is 0 Å². The molecule has 1 aromatic heterocycles. The van der Waals surface area contributed by atoms with Gasteiger partial charge in [0.2, 0.25) is 11.7 Å². The number of rotatable bonds is 4. The lowest BCUT2D eigenvalue weighted by molar-refractivity contribution is -0.170. The van der Waals surface area contributed by atoms with E-state index in [0.29, 0.717) is 0 Å². The second kappa shape index (κ2) is 4.94. The summed E-state index contributed by atoms with van der Waals surface area (Å²) in [5.41, 5.74) is 0. The maximum absolute atomic E-state index is 11.9. The molecule has 0 aliphatic heterocycles. The van der Waals surface area contributed by atoms with Crippen LogP contribution in [0.2, 0.25) is 0 Å². The van der Waals surface area contributed by atoms with Gasteiger partial charge in [-0.1, -0.05) is 5.16 Å². The Balaban J connectivity index is 2.56. The van der Waals surface area contributed by atoms with Gasteiger partial charge >= 0.3 is 12.4 Å². The number of aromatic nitrogens is 2. The Morgan fingerprint density at radius 2 is 1.78 bits per heavy atom. The van der Waals surface area contributed by atoms with Crippen molar-refractivity contribution in [2.75, 3.05) is 0 Å². The fourth-order valence-corrected chi connectivity index (χ4v) is 0.955. The Morgan fingerprint density at radius 1 is 1.17 bits per heavy atom. The maximum Gasteiger partial charge on any atom is 0.450 e. The molecular weight excluding hydrogens is 270 g/mol. The van der Waals surface area contributed by atoms with Gasteiger partial charge in [-0.25, -0.2) is 0 Å². The minimum atomic E-state index is -5.04. The lowest BCUT2D eigenvalue weighted by Crippen LogP contribution is -2.24. The molecule has 1 aromatic rings. The van der Waals surface area contributed by atoms with Crippen LogP contribution in [0.15, 0.2) is 4.52 Å². The topological polar surface area (TPSA) is 56.0 Å². The first kappa shape index (κ1) is 14.5. The first-order chi connectivity index (χ1) is 8.08. The molecule has 0 radical (unpaired) electrons. The number of alkyl halides is 6. The number of carbonyl (C=O) groups excluding carboxylic acids is 1. The molecule has 0 spiro atoms. The molecule has 102 valence electrons. The summed E-state index contributed by atoms with van der Waals surface area (Å²) in [6.07, 6.45) is -12.5. The third-order valence-corrected chi connectivity index (χ3v) is 1.77. The molecular formula is C8H6F6N2O2. The zero-order valence-electron chi connectivity index (χ0n) is 8.60. The Hall–Kier alpha value is -1.61. The second-order valence-corrected chi connectivity index (χ2v) is 3.32. The zero-order valence-corrected chi connectivity index (χ0v) is 8.60. The number of aryl methyl sites for hydroxylation is 1. The molecule has 18 heavy (non-hydrogen) atoms. The third-order valence-electron chi connectivity index (χ3n) is 1.77. The van der Waals surface area contributed by atoms with Crippen molar-refractivity contribution in [1.82, 2.24) is 10.1 Å². The van der Waals surface area contributed by atoms with Crippen molar-refractivity contribution in [1.29, 1.82) is 0 Å². The van der Waals surface area contributed by atoms with E-state index >= 15 is 0 Å². The highest BCUT2D eigenvalue weighted by Crippen LogP contribution is 2.22. The summed E-state index contributed by atoms with van der Waals surface area (Å²) in [4.78, 5) is 13.8. The van der Waals surface area contributed by atoms with Crippen LogP contribution in [0.1, 0.15) is 18.1 Å².